The molecule has 0 aliphatic carbocycles. The van der Waals surface area contributed by atoms with E-state index in [-0.39, 0.29) is 11.9 Å². The summed E-state index contributed by atoms with van der Waals surface area (Å²) < 4.78 is 0. The fourth-order valence-corrected chi connectivity index (χ4v) is 2.56. The van der Waals surface area contributed by atoms with E-state index in [4.69, 9.17) is 0 Å². The molecule has 1 unspecified atom stereocenters. The van der Waals surface area contributed by atoms with Gasteiger partial charge in [0.05, 0.1) is 6.04 Å². The molecular formula is C15H23N3O. The highest BCUT2D eigenvalue weighted by molar-refractivity contribution is 5.82. The molecule has 1 N–H and O–H groups in total. The van der Waals surface area contributed by atoms with Gasteiger partial charge in [-0.25, -0.2) is 0 Å². The summed E-state index contributed by atoms with van der Waals surface area (Å²) in [6.07, 6.45) is 7.86. The minimum atomic E-state index is 0.0653. The molecule has 0 aromatic carbocycles. The summed E-state index contributed by atoms with van der Waals surface area (Å²) in [5.41, 5.74) is 1.29. The van der Waals surface area contributed by atoms with Gasteiger partial charge in [0.15, 0.2) is 0 Å². The topological polar surface area (TPSA) is 45.2 Å². The lowest BCUT2D eigenvalue weighted by Gasteiger charge is -2.35. The number of hydrogen-bond donors (Lipinski definition) is 1. The van der Waals surface area contributed by atoms with E-state index in [1.807, 2.05) is 24.5 Å². The Kier molecular flexibility index (Phi) is 5.33. The van der Waals surface area contributed by atoms with E-state index in [0.717, 1.165) is 45.3 Å². The maximum Gasteiger partial charge on any atom is 0.237 e. The third-order valence-electron chi connectivity index (χ3n) is 3.71. The Morgan fingerprint density at radius 2 is 2.21 bits per heavy atom. The van der Waals surface area contributed by atoms with Crippen molar-refractivity contribution in [3.8, 4) is 0 Å². The SMILES string of the molecule is CCCCC1C(=O)NCCN1CCc1ccncc1. The number of unbranched alkanes of at least 4 members (excludes halogenated alkanes) is 1. The molecule has 1 atom stereocenters. The van der Waals surface area contributed by atoms with Crippen LogP contribution in [0.5, 0.6) is 0 Å². The van der Waals surface area contributed by atoms with Crippen molar-refractivity contribution in [3.63, 3.8) is 0 Å². The van der Waals surface area contributed by atoms with Crippen molar-refractivity contribution in [2.45, 2.75) is 38.6 Å². The van der Waals surface area contributed by atoms with Crippen molar-refractivity contribution < 1.29 is 4.79 Å². The number of piperazine rings is 1. The molecule has 0 radical (unpaired) electrons. The predicted octanol–water partition coefficient (Wildman–Crippen LogP) is 1.61. The van der Waals surface area contributed by atoms with Crippen molar-refractivity contribution in [2.24, 2.45) is 0 Å². The molecule has 1 saturated heterocycles. The first-order chi connectivity index (χ1) is 9.31. The van der Waals surface area contributed by atoms with Crippen LogP contribution in [0.25, 0.3) is 0 Å². The Hall–Kier alpha value is -1.42. The Bertz CT molecular complexity index is 394. The van der Waals surface area contributed by atoms with E-state index in [0.29, 0.717) is 0 Å². The van der Waals surface area contributed by atoms with E-state index in [1.54, 1.807) is 0 Å². The summed E-state index contributed by atoms with van der Waals surface area (Å²) >= 11 is 0. The number of aromatic nitrogens is 1. The van der Waals surface area contributed by atoms with E-state index < -0.39 is 0 Å². The number of nitrogens with one attached hydrogen (secondary N) is 1. The Morgan fingerprint density at radius 3 is 2.95 bits per heavy atom. The van der Waals surface area contributed by atoms with Crippen LogP contribution in [0, 0.1) is 0 Å². The highest BCUT2D eigenvalue weighted by Gasteiger charge is 2.28. The van der Waals surface area contributed by atoms with Gasteiger partial charge >= 0.3 is 0 Å². The monoisotopic (exact) mass is 261 g/mol. The predicted molar refractivity (Wildman–Crippen MR) is 75.8 cm³/mol. The second-order valence-electron chi connectivity index (χ2n) is 5.09. The summed E-state index contributed by atoms with van der Waals surface area (Å²) in [5.74, 6) is 0.203. The van der Waals surface area contributed by atoms with Crippen LogP contribution in [0.2, 0.25) is 0 Å². The highest BCUT2D eigenvalue weighted by Crippen LogP contribution is 2.13. The van der Waals surface area contributed by atoms with Gasteiger partial charge < -0.3 is 5.32 Å². The number of rotatable bonds is 6. The van der Waals surface area contributed by atoms with Crippen molar-refractivity contribution in [1.29, 1.82) is 0 Å². The van der Waals surface area contributed by atoms with Gasteiger partial charge in [-0.15, -0.1) is 0 Å². The molecule has 1 amide bonds. The molecule has 4 heteroatoms. The number of nitrogens with zero attached hydrogens (tertiary/aromatic N) is 2. The maximum atomic E-state index is 12.0. The van der Waals surface area contributed by atoms with Gasteiger partial charge in [-0.2, -0.15) is 0 Å². The van der Waals surface area contributed by atoms with E-state index >= 15 is 0 Å². The highest BCUT2D eigenvalue weighted by atomic mass is 16.2. The van der Waals surface area contributed by atoms with Crippen LogP contribution in [0.15, 0.2) is 24.5 Å². The Balaban J connectivity index is 1.90. The maximum absolute atomic E-state index is 12.0. The zero-order valence-electron chi connectivity index (χ0n) is 11.6. The number of carbonyl (C=O) groups is 1. The van der Waals surface area contributed by atoms with Crippen LogP contribution in [0.4, 0.5) is 0 Å². The number of carbonyl (C=O) groups excluding carboxylic acids is 1. The van der Waals surface area contributed by atoms with E-state index in [9.17, 15) is 4.79 Å². The summed E-state index contributed by atoms with van der Waals surface area (Å²) in [4.78, 5) is 18.3. The number of hydrogen-bond acceptors (Lipinski definition) is 3. The molecule has 0 bridgehead atoms. The summed E-state index contributed by atoms with van der Waals surface area (Å²) in [6, 6.07) is 4.16. The van der Waals surface area contributed by atoms with Gasteiger partial charge in [-0.1, -0.05) is 19.8 Å². The first-order valence-corrected chi connectivity index (χ1v) is 7.22. The lowest BCUT2D eigenvalue weighted by molar-refractivity contribution is -0.129. The normalized spacial score (nSPS) is 20.3. The molecule has 1 aromatic rings. The first kappa shape index (κ1) is 14.0. The van der Waals surface area contributed by atoms with Crippen molar-refractivity contribution in [3.05, 3.63) is 30.1 Å². The minimum absolute atomic E-state index is 0.0653. The van der Waals surface area contributed by atoms with Crippen LogP contribution in [0.3, 0.4) is 0 Å². The first-order valence-electron chi connectivity index (χ1n) is 7.22. The molecule has 0 saturated carbocycles. The zero-order valence-corrected chi connectivity index (χ0v) is 11.6. The number of amides is 1. The van der Waals surface area contributed by atoms with Crippen molar-refractivity contribution in [1.82, 2.24) is 15.2 Å². The molecule has 1 fully saturated rings. The van der Waals surface area contributed by atoms with Gasteiger partial charge in [-0.05, 0) is 30.5 Å². The van der Waals surface area contributed by atoms with Crippen molar-refractivity contribution in [2.75, 3.05) is 19.6 Å². The molecule has 2 heterocycles. The smallest absolute Gasteiger partial charge is 0.237 e. The summed E-state index contributed by atoms with van der Waals surface area (Å²) in [6.45, 7) is 4.86. The number of pyridine rings is 1. The average molecular weight is 261 g/mol. The molecule has 0 spiro atoms. The van der Waals surface area contributed by atoms with E-state index in [2.05, 4.69) is 22.1 Å². The molecule has 104 valence electrons. The molecule has 2 rings (SSSR count). The van der Waals surface area contributed by atoms with Gasteiger partial charge in [0, 0.05) is 32.0 Å². The fourth-order valence-electron chi connectivity index (χ4n) is 2.56. The molecule has 4 nitrogen and oxygen atoms in total. The van der Waals surface area contributed by atoms with Gasteiger partial charge in [-0.3, -0.25) is 14.7 Å². The average Bonchev–Trinajstić information content (AvgIpc) is 2.45. The summed E-state index contributed by atoms with van der Waals surface area (Å²) in [7, 11) is 0. The van der Waals surface area contributed by atoms with Crippen LogP contribution < -0.4 is 5.32 Å². The Labute approximate surface area is 115 Å². The summed E-state index contributed by atoms with van der Waals surface area (Å²) in [5, 5.41) is 2.98. The van der Waals surface area contributed by atoms with Gasteiger partial charge in [0.25, 0.3) is 0 Å². The second kappa shape index (κ2) is 7.24. The van der Waals surface area contributed by atoms with Gasteiger partial charge in [0.2, 0.25) is 5.91 Å². The van der Waals surface area contributed by atoms with Crippen LogP contribution >= 0.6 is 0 Å². The minimum Gasteiger partial charge on any atom is -0.353 e. The molecule has 1 aromatic heterocycles. The van der Waals surface area contributed by atoms with Crippen LogP contribution in [-0.2, 0) is 11.2 Å². The van der Waals surface area contributed by atoms with Crippen LogP contribution in [-0.4, -0.2) is 41.5 Å². The molecule has 1 aliphatic rings. The lowest BCUT2D eigenvalue weighted by Crippen LogP contribution is -2.55. The largest absolute Gasteiger partial charge is 0.353 e. The fraction of sp³-hybridized carbons (Fsp3) is 0.600. The van der Waals surface area contributed by atoms with Crippen molar-refractivity contribution >= 4 is 5.91 Å². The second-order valence-corrected chi connectivity index (χ2v) is 5.09. The zero-order chi connectivity index (χ0) is 13.5. The van der Waals surface area contributed by atoms with Crippen LogP contribution in [0.1, 0.15) is 31.7 Å². The third-order valence-corrected chi connectivity index (χ3v) is 3.71. The lowest BCUT2D eigenvalue weighted by atomic mass is 10.0. The molecule has 1 aliphatic heterocycles. The van der Waals surface area contributed by atoms with E-state index in [1.165, 1.54) is 5.56 Å². The Morgan fingerprint density at radius 1 is 1.42 bits per heavy atom. The standard InChI is InChI=1S/C15H23N3O/c1-2-3-4-14-15(19)17-10-12-18(14)11-7-13-5-8-16-9-6-13/h5-6,8-9,14H,2-4,7,10-12H2,1H3,(H,17,19). The quantitative estimate of drug-likeness (QED) is 0.846. The third kappa shape index (κ3) is 4.03. The molecular weight excluding hydrogens is 238 g/mol. The molecule has 19 heavy (non-hydrogen) atoms. The van der Waals surface area contributed by atoms with Gasteiger partial charge in [0.1, 0.15) is 0 Å².